The molecule has 5 aliphatic rings. The number of ether oxygens (including phenoxy) is 8. The van der Waals surface area contributed by atoms with E-state index in [2.05, 4.69) is 10.3 Å². The van der Waals surface area contributed by atoms with E-state index in [1.54, 1.807) is 77.6 Å². The van der Waals surface area contributed by atoms with Crippen molar-refractivity contribution < 1.29 is 77.4 Å². The highest BCUT2D eigenvalue weighted by Gasteiger charge is 2.53. The van der Waals surface area contributed by atoms with E-state index in [4.69, 9.17) is 37.9 Å². The summed E-state index contributed by atoms with van der Waals surface area (Å²) in [7, 11) is 5.19. The summed E-state index contributed by atoms with van der Waals surface area (Å²) in [5, 5.41) is 68.4. The topological polar surface area (TPSA) is 253 Å². The first-order valence-electron chi connectivity index (χ1n) is 28.1. The first-order valence-corrected chi connectivity index (χ1v) is 28.1. The number of aromatic nitrogens is 3. The molecule has 23 heteroatoms. The molecular weight excluding hydrogens is 1030 g/mol. The first kappa shape index (κ1) is 62.6. The molecule has 2 aromatic rings. The van der Waals surface area contributed by atoms with Gasteiger partial charge in [0.2, 0.25) is 0 Å². The van der Waals surface area contributed by atoms with Gasteiger partial charge in [-0.1, -0.05) is 32.1 Å². The van der Waals surface area contributed by atoms with E-state index < -0.39 is 126 Å². The zero-order valence-corrected chi connectivity index (χ0v) is 48.5. The molecule has 6 heterocycles. The molecule has 0 saturated carbocycles. The van der Waals surface area contributed by atoms with Crippen LogP contribution in [0.1, 0.15) is 101 Å². The van der Waals surface area contributed by atoms with Crippen LogP contribution in [0, 0.1) is 23.6 Å². The van der Waals surface area contributed by atoms with Crippen LogP contribution in [0.2, 0.25) is 0 Å². The number of carbonyl (C=O) groups is 2. The SMILES string of the molecule is CC[C@H]1OC(=O)[C@H](C)[C@@H](O[C@H]2C[C@@](C)(OC)[C@@H](O)[C@H](C)O2)[C@H](C)[C@@H](O[C@@H]2O[C@H](C)C[C@H](N(C)C/C=C/c3cn(C[C@H]4CN(c5ccc(N6CCOCC6)c(F)c5)C(=O)O4)nn3)[C@H]2O)[C@](C)(O)C[C@@H](C)CN(C)[C@H](C)[C@@H](O)[C@]1(C)O. The maximum absolute atomic E-state index is 15.2. The van der Waals surface area contributed by atoms with Gasteiger partial charge >= 0.3 is 12.1 Å². The number of nitrogens with zero attached hydrogens (tertiary/aromatic N) is 7. The van der Waals surface area contributed by atoms with Crippen molar-refractivity contribution in [3.05, 3.63) is 42.0 Å². The van der Waals surface area contributed by atoms with E-state index in [0.717, 1.165) is 0 Å². The van der Waals surface area contributed by atoms with Gasteiger partial charge in [-0.3, -0.25) is 14.6 Å². The van der Waals surface area contributed by atoms with Crippen molar-refractivity contribution in [1.82, 2.24) is 24.8 Å². The minimum atomic E-state index is -1.86. The number of methoxy groups -OCH3 is 1. The number of halogens is 1. The van der Waals surface area contributed by atoms with Crippen LogP contribution in [0.4, 0.5) is 20.6 Å². The Morgan fingerprint density at radius 2 is 1.66 bits per heavy atom. The van der Waals surface area contributed by atoms with E-state index in [-0.39, 0.29) is 38.3 Å². The maximum atomic E-state index is 15.2. The number of likely N-dealkylation sites (N-methyl/N-ethyl adjacent to an activating group) is 2. The molecular formula is C56H90FN7O15. The highest BCUT2D eigenvalue weighted by molar-refractivity contribution is 5.90. The fourth-order valence-electron chi connectivity index (χ4n) is 12.4. The van der Waals surface area contributed by atoms with Crippen molar-refractivity contribution in [2.45, 2.75) is 198 Å². The summed E-state index contributed by atoms with van der Waals surface area (Å²) >= 11 is 0. The van der Waals surface area contributed by atoms with Crippen LogP contribution in [0.5, 0.6) is 0 Å². The highest BCUT2D eigenvalue weighted by atomic mass is 19.1. The van der Waals surface area contributed by atoms with Gasteiger partial charge in [-0.15, -0.1) is 5.10 Å². The number of hydrogen-bond acceptors (Lipinski definition) is 20. The second-order valence-electron chi connectivity index (χ2n) is 23.8. The molecule has 1 amide bonds. The van der Waals surface area contributed by atoms with Crippen molar-refractivity contribution in [2.75, 3.05) is 76.9 Å². The molecule has 0 unspecified atom stereocenters. The number of hydrogen-bond donors (Lipinski definition) is 5. The summed E-state index contributed by atoms with van der Waals surface area (Å²) in [6, 6.07) is 3.66. The molecule has 446 valence electrons. The Morgan fingerprint density at radius 1 is 0.949 bits per heavy atom. The quantitative estimate of drug-likeness (QED) is 0.170. The van der Waals surface area contributed by atoms with E-state index in [1.807, 2.05) is 48.7 Å². The van der Waals surface area contributed by atoms with Crippen molar-refractivity contribution in [3.63, 3.8) is 0 Å². The molecule has 1 aromatic carbocycles. The summed E-state index contributed by atoms with van der Waals surface area (Å²) in [6.07, 6.45) is -5.21. The van der Waals surface area contributed by atoms with Crippen molar-refractivity contribution >= 4 is 29.5 Å². The Kier molecular flexibility index (Phi) is 20.7. The number of anilines is 2. The van der Waals surface area contributed by atoms with Crippen LogP contribution in [-0.2, 0) is 49.2 Å². The molecule has 5 aliphatic heterocycles. The third-order valence-electron chi connectivity index (χ3n) is 17.2. The van der Waals surface area contributed by atoms with E-state index >= 15 is 4.39 Å². The fraction of sp³-hybridized carbons (Fsp3) is 0.786. The zero-order valence-electron chi connectivity index (χ0n) is 48.5. The van der Waals surface area contributed by atoms with Gasteiger partial charge in [0.25, 0.3) is 0 Å². The molecule has 0 radical (unpaired) electrons. The van der Waals surface area contributed by atoms with Crippen LogP contribution in [0.3, 0.4) is 0 Å². The van der Waals surface area contributed by atoms with Crippen LogP contribution >= 0.6 is 0 Å². The van der Waals surface area contributed by atoms with Crippen LogP contribution < -0.4 is 9.80 Å². The Hall–Kier alpha value is -3.95. The van der Waals surface area contributed by atoms with Gasteiger partial charge in [0.1, 0.15) is 47.6 Å². The van der Waals surface area contributed by atoms with Gasteiger partial charge in [0.15, 0.2) is 12.6 Å². The van der Waals surface area contributed by atoms with Crippen LogP contribution in [-0.4, -0.2) is 226 Å². The average Bonchev–Trinajstić information content (AvgIpc) is 4.04. The molecule has 5 fully saturated rings. The summed E-state index contributed by atoms with van der Waals surface area (Å²) in [5.74, 6) is -3.31. The Balaban J connectivity index is 1.07. The fourth-order valence-corrected chi connectivity index (χ4v) is 12.4. The molecule has 0 aliphatic carbocycles. The minimum absolute atomic E-state index is 0.0810. The van der Waals surface area contributed by atoms with Crippen molar-refractivity contribution in [2.24, 2.45) is 17.8 Å². The molecule has 7 rings (SSSR count). The lowest BCUT2D eigenvalue weighted by molar-refractivity contribution is -0.318. The Bertz CT molecular complexity index is 2360. The maximum Gasteiger partial charge on any atom is 0.414 e. The average molecular weight is 1120 g/mol. The molecule has 22 nitrogen and oxygen atoms in total. The summed E-state index contributed by atoms with van der Waals surface area (Å²) in [6.45, 7) is 20.8. The molecule has 0 bridgehead atoms. The second kappa shape index (κ2) is 26.1. The smallest absolute Gasteiger partial charge is 0.414 e. The Labute approximate surface area is 464 Å². The summed E-state index contributed by atoms with van der Waals surface area (Å²) < 4.78 is 66.1. The molecule has 5 saturated heterocycles. The third-order valence-corrected chi connectivity index (χ3v) is 17.2. The van der Waals surface area contributed by atoms with Gasteiger partial charge < -0.3 is 73.2 Å². The van der Waals surface area contributed by atoms with Crippen LogP contribution in [0.25, 0.3) is 6.08 Å². The number of morpholine rings is 1. The zero-order chi connectivity index (χ0) is 57.9. The second-order valence-corrected chi connectivity index (χ2v) is 23.8. The predicted molar refractivity (Wildman–Crippen MR) is 289 cm³/mol. The number of carbonyl (C=O) groups excluding carboxylic acids is 2. The minimum Gasteiger partial charge on any atom is -0.459 e. The van der Waals surface area contributed by atoms with Gasteiger partial charge in [-0.25, -0.2) is 13.9 Å². The molecule has 19 atom stereocenters. The van der Waals surface area contributed by atoms with Gasteiger partial charge in [0.05, 0.1) is 85.4 Å². The Morgan fingerprint density at radius 3 is 2.33 bits per heavy atom. The molecule has 0 spiro atoms. The lowest BCUT2D eigenvalue weighted by Crippen LogP contribution is -2.60. The van der Waals surface area contributed by atoms with Gasteiger partial charge in [0, 0.05) is 57.7 Å². The lowest BCUT2D eigenvalue weighted by atomic mass is 9.77. The largest absolute Gasteiger partial charge is 0.459 e. The summed E-state index contributed by atoms with van der Waals surface area (Å²) in [4.78, 5) is 34.7. The number of aliphatic hydroxyl groups excluding tert-OH is 3. The number of benzene rings is 1. The molecule has 1 aromatic heterocycles. The summed E-state index contributed by atoms with van der Waals surface area (Å²) in [5.41, 5.74) is -3.20. The number of aliphatic hydroxyl groups is 5. The van der Waals surface area contributed by atoms with Crippen molar-refractivity contribution in [1.29, 1.82) is 0 Å². The van der Waals surface area contributed by atoms with Gasteiger partial charge in [-0.2, -0.15) is 0 Å². The van der Waals surface area contributed by atoms with Crippen molar-refractivity contribution in [3.8, 4) is 0 Å². The molecule has 79 heavy (non-hydrogen) atoms. The van der Waals surface area contributed by atoms with E-state index in [9.17, 15) is 35.1 Å². The number of esters is 1. The van der Waals surface area contributed by atoms with E-state index in [0.29, 0.717) is 62.9 Å². The normalized spacial score (nSPS) is 39.9. The molecule has 5 N–H and O–H groups in total. The monoisotopic (exact) mass is 1120 g/mol. The van der Waals surface area contributed by atoms with Crippen LogP contribution in [0.15, 0.2) is 30.5 Å². The van der Waals surface area contributed by atoms with E-state index in [1.165, 1.54) is 25.0 Å². The standard InChI is InChI=1S/C56H90FN7O15/c1-14-44-56(10,71)48(66)36(6)61(12)28-32(2)26-54(8,70)50(34(4)47(35(5)51(68)77-44)78-45-27-55(9,72-13)49(67)37(7)75-45)79-52-46(65)43(24-33(3)74-52)60(11)19-15-16-38-29-63(59-58-38)30-40-31-64(53(69)76-40)39-17-18-42(41(57)25-39)62-20-22-73-23-21-62/h15-18,25,29,32-37,40,43-50,52,65-67,70-71H,14,19-24,26-28,30-31H2,1-13H3/b16-15+/t32-,33-,34+,35-,36-,37+,40+,43+,44-,45+,46-,47+,48-,49+,50-,52+,54-,55-,56-/m1/s1. The number of amides is 1. The van der Waals surface area contributed by atoms with Gasteiger partial charge in [-0.05, 0) is 112 Å². The first-order chi connectivity index (χ1) is 37.2. The number of rotatable bonds is 14. The highest BCUT2D eigenvalue weighted by Crippen LogP contribution is 2.41. The lowest BCUT2D eigenvalue weighted by Gasteiger charge is -2.49. The predicted octanol–water partition coefficient (Wildman–Crippen LogP) is 3.58. The number of cyclic esters (lactones) is 2. The third kappa shape index (κ3) is 14.5.